The molecule has 2 atom stereocenters. The van der Waals surface area contributed by atoms with Gasteiger partial charge in [-0.2, -0.15) is 0 Å². The predicted octanol–water partition coefficient (Wildman–Crippen LogP) is 4.78. The van der Waals surface area contributed by atoms with E-state index in [4.69, 9.17) is 4.42 Å². The van der Waals surface area contributed by atoms with Crippen molar-refractivity contribution in [3.8, 4) is 0 Å². The van der Waals surface area contributed by atoms with Gasteiger partial charge < -0.3 is 20.0 Å². The van der Waals surface area contributed by atoms with Crippen molar-refractivity contribution in [3.05, 3.63) is 52.4 Å². The zero-order valence-electron chi connectivity index (χ0n) is 17.6. The zero-order chi connectivity index (χ0) is 21.5. The van der Waals surface area contributed by atoms with Crippen LogP contribution in [0.5, 0.6) is 0 Å². The number of carbonyl (C=O) groups excluding carboxylic acids is 2. The van der Waals surface area contributed by atoms with Crippen LogP contribution < -0.4 is 10.6 Å². The number of benzene rings is 1. The Morgan fingerprint density at radius 3 is 2.37 bits per heavy atom. The van der Waals surface area contributed by atoms with Crippen molar-refractivity contribution in [2.45, 2.75) is 33.1 Å². The van der Waals surface area contributed by atoms with E-state index in [1.807, 2.05) is 0 Å². The molecule has 1 aromatic heterocycles. The first-order valence-electron chi connectivity index (χ1n) is 10.6. The maximum atomic E-state index is 12.3. The molecule has 0 spiro atoms. The Morgan fingerprint density at radius 2 is 1.73 bits per heavy atom. The summed E-state index contributed by atoms with van der Waals surface area (Å²) in [6.07, 6.45) is 3.39. The molecule has 162 valence electrons. The van der Waals surface area contributed by atoms with Crippen LogP contribution in [0.1, 0.15) is 54.0 Å². The van der Waals surface area contributed by atoms with E-state index in [1.165, 1.54) is 19.5 Å². The summed E-state index contributed by atoms with van der Waals surface area (Å²) in [4.78, 5) is 27.0. The molecule has 7 heteroatoms. The van der Waals surface area contributed by atoms with Gasteiger partial charge in [-0.1, -0.05) is 13.8 Å². The summed E-state index contributed by atoms with van der Waals surface area (Å²) >= 11 is 3.17. The van der Waals surface area contributed by atoms with Crippen LogP contribution in [-0.2, 0) is 0 Å². The van der Waals surface area contributed by atoms with E-state index in [0.29, 0.717) is 22.5 Å². The molecule has 1 aliphatic rings. The van der Waals surface area contributed by atoms with E-state index in [9.17, 15) is 9.59 Å². The maximum absolute atomic E-state index is 12.3. The van der Waals surface area contributed by atoms with Gasteiger partial charge in [-0.05, 0) is 90.0 Å². The molecule has 6 nitrogen and oxygen atoms in total. The molecular formula is C23H30BrN3O3. The fourth-order valence-electron chi connectivity index (χ4n) is 4.07. The highest BCUT2D eigenvalue weighted by Gasteiger charge is 2.21. The minimum absolute atomic E-state index is 0.0944. The average Bonchev–Trinajstić information content (AvgIpc) is 3.14. The molecule has 3 rings (SSSR count). The number of amides is 2. The smallest absolute Gasteiger partial charge is 0.291 e. The Hall–Kier alpha value is -2.12. The van der Waals surface area contributed by atoms with Crippen LogP contribution in [0.15, 0.2) is 45.5 Å². The van der Waals surface area contributed by atoms with E-state index in [0.717, 1.165) is 31.2 Å². The van der Waals surface area contributed by atoms with Gasteiger partial charge in [-0.3, -0.25) is 9.59 Å². The van der Waals surface area contributed by atoms with Crippen molar-refractivity contribution in [2.24, 2.45) is 11.8 Å². The van der Waals surface area contributed by atoms with Gasteiger partial charge in [0.25, 0.3) is 11.8 Å². The molecule has 1 aromatic carbocycles. The molecule has 30 heavy (non-hydrogen) atoms. The first kappa shape index (κ1) is 22.6. The van der Waals surface area contributed by atoms with Gasteiger partial charge in [0.1, 0.15) is 0 Å². The summed E-state index contributed by atoms with van der Waals surface area (Å²) in [6, 6.07) is 10.1. The average molecular weight is 476 g/mol. The number of anilines is 1. The van der Waals surface area contributed by atoms with Gasteiger partial charge in [-0.15, -0.1) is 0 Å². The van der Waals surface area contributed by atoms with Gasteiger partial charge in [0.2, 0.25) is 0 Å². The Morgan fingerprint density at radius 1 is 1.03 bits per heavy atom. The summed E-state index contributed by atoms with van der Waals surface area (Å²) in [6.45, 7) is 8.81. The summed E-state index contributed by atoms with van der Waals surface area (Å²) in [5, 5.41) is 5.72. The van der Waals surface area contributed by atoms with Crippen LogP contribution >= 0.6 is 15.9 Å². The highest BCUT2D eigenvalue weighted by molar-refractivity contribution is 9.10. The van der Waals surface area contributed by atoms with Gasteiger partial charge in [0.15, 0.2) is 10.4 Å². The van der Waals surface area contributed by atoms with Crippen LogP contribution in [0.25, 0.3) is 0 Å². The SMILES string of the molecule is CC1CC(C)CN(CCCCNC(=O)c2ccc(NC(=O)c3ccc(Br)o3)cc2)C1. The van der Waals surface area contributed by atoms with Crippen LogP contribution in [0.3, 0.4) is 0 Å². The molecule has 2 aromatic rings. The third kappa shape index (κ3) is 6.71. The van der Waals surface area contributed by atoms with E-state index in [2.05, 4.69) is 45.3 Å². The Labute approximate surface area is 186 Å². The molecule has 2 N–H and O–H groups in total. The van der Waals surface area contributed by atoms with E-state index in [-0.39, 0.29) is 17.6 Å². The Kier molecular flexibility index (Phi) is 8.10. The number of nitrogens with zero attached hydrogens (tertiary/aromatic N) is 1. The van der Waals surface area contributed by atoms with Crippen molar-refractivity contribution >= 4 is 33.4 Å². The predicted molar refractivity (Wildman–Crippen MR) is 122 cm³/mol. The summed E-state index contributed by atoms with van der Waals surface area (Å²) < 4.78 is 5.73. The third-order valence-electron chi connectivity index (χ3n) is 5.33. The fraction of sp³-hybridized carbons (Fsp3) is 0.478. The van der Waals surface area contributed by atoms with Gasteiger partial charge in [-0.25, -0.2) is 0 Å². The molecular weight excluding hydrogens is 446 g/mol. The molecule has 2 amide bonds. The second-order valence-corrected chi connectivity index (χ2v) is 9.09. The lowest BCUT2D eigenvalue weighted by molar-refractivity contribution is 0.0950. The Balaban J connectivity index is 1.37. The second kappa shape index (κ2) is 10.8. The lowest BCUT2D eigenvalue weighted by atomic mass is 9.92. The lowest BCUT2D eigenvalue weighted by Crippen LogP contribution is -2.39. The zero-order valence-corrected chi connectivity index (χ0v) is 19.2. The van der Waals surface area contributed by atoms with Crippen molar-refractivity contribution in [2.75, 3.05) is 31.5 Å². The molecule has 0 bridgehead atoms. The minimum atomic E-state index is -0.338. The first-order valence-corrected chi connectivity index (χ1v) is 11.4. The van der Waals surface area contributed by atoms with Crippen LogP contribution in [0.2, 0.25) is 0 Å². The largest absolute Gasteiger partial charge is 0.444 e. The standard InChI is InChI=1S/C23H30BrN3O3/c1-16-13-17(2)15-27(14-16)12-4-3-11-25-22(28)18-5-7-19(8-6-18)26-23(29)20-9-10-21(24)30-20/h5-10,16-17H,3-4,11-15H2,1-2H3,(H,25,28)(H,26,29). The molecule has 2 unspecified atom stereocenters. The molecule has 0 radical (unpaired) electrons. The van der Waals surface area contributed by atoms with Gasteiger partial charge in [0.05, 0.1) is 0 Å². The quantitative estimate of drug-likeness (QED) is 0.538. The summed E-state index contributed by atoms with van der Waals surface area (Å²) in [7, 11) is 0. The van der Waals surface area contributed by atoms with Crippen LogP contribution in [0, 0.1) is 11.8 Å². The number of likely N-dealkylation sites (tertiary alicyclic amines) is 1. The molecule has 0 aliphatic carbocycles. The van der Waals surface area contributed by atoms with Crippen molar-refractivity contribution in [1.82, 2.24) is 10.2 Å². The van der Waals surface area contributed by atoms with Crippen molar-refractivity contribution in [3.63, 3.8) is 0 Å². The fourth-order valence-corrected chi connectivity index (χ4v) is 4.38. The number of nitrogens with one attached hydrogen (secondary N) is 2. The molecule has 1 saturated heterocycles. The number of piperidine rings is 1. The minimum Gasteiger partial charge on any atom is -0.444 e. The molecule has 1 fully saturated rings. The van der Waals surface area contributed by atoms with E-state index in [1.54, 1.807) is 36.4 Å². The van der Waals surface area contributed by atoms with E-state index < -0.39 is 0 Å². The second-order valence-electron chi connectivity index (χ2n) is 8.30. The number of hydrogen-bond acceptors (Lipinski definition) is 4. The number of halogens is 1. The topological polar surface area (TPSA) is 74.6 Å². The normalized spacial score (nSPS) is 19.4. The lowest BCUT2D eigenvalue weighted by Gasteiger charge is -2.34. The van der Waals surface area contributed by atoms with Crippen molar-refractivity contribution in [1.29, 1.82) is 0 Å². The highest BCUT2D eigenvalue weighted by Crippen LogP contribution is 2.21. The molecule has 1 aliphatic heterocycles. The molecule has 0 saturated carbocycles. The maximum Gasteiger partial charge on any atom is 0.291 e. The van der Waals surface area contributed by atoms with Crippen LogP contribution in [0.4, 0.5) is 5.69 Å². The number of unbranched alkanes of at least 4 members (excludes halogenated alkanes) is 1. The Bertz CT molecular complexity index is 840. The number of hydrogen-bond donors (Lipinski definition) is 2. The summed E-state index contributed by atoms with van der Waals surface area (Å²) in [5.74, 6) is 1.35. The highest BCUT2D eigenvalue weighted by atomic mass is 79.9. The molecule has 2 heterocycles. The van der Waals surface area contributed by atoms with Crippen molar-refractivity contribution < 1.29 is 14.0 Å². The number of furan rings is 1. The van der Waals surface area contributed by atoms with Gasteiger partial charge in [0, 0.05) is 30.9 Å². The third-order valence-corrected chi connectivity index (χ3v) is 5.76. The monoisotopic (exact) mass is 475 g/mol. The van der Waals surface area contributed by atoms with E-state index >= 15 is 0 Å². The number of rotatable bonds is 8. The summed E-state index contributed by atoms with van der Waals surface area (Å²) in [5.41, 5.74) is 1.18. The number of carbonyl (C=O) groups is 2. The van der Waals surface area contributed by atoms with Crippen LogP contribution in [-0.4, -0.2) is 42.9 Å². The first-order chi connectivity index (χ1) is 14.4. The van der Waals surface area contributed by atoms with Gasteiger partial charge >= 0.3 is 0 Å².